The number of hydrogen-bond donors (Lipinski definition) is 0. The van der Waals surface area contributed by atoms with E-state index in [1.165, 1.54) is 48.5 Å². The van der Waals surface area contributed by atoms with E-state index in [9.17, 15) is 92.2 Å². The minimum Gasteiger partial charge on any atom is -0.171 e. The minimum absolute atomic E-state index is 0.0524. The first kappa shape index (κ1) is 111. The maximum absolute atomic E-state index is 13.3. The van der Waals surface area contributed by atoms with Gasteiger partial charge in [0.05, 0.1) is 37.9 Å². The molecule has 0 fully saturated rings. The molecule has 608 valence electrons. The zero-order chi connectivity index (χ0) is 81.5. The average molecular weight is 1490 g/mol. The molecule has 0 aromatic heterocycles. The van der Waals surface area contributed by atoms with E-state index in [1.807, 2.05) is 132 Å². The fraction of sp³-hybridized carbons (Fsp3) is 1.00. The van der Waals surface area contributed by atoms with Gasteiger partial charge in [-0.2, -0.15) is 92.2 Å². The highest BCUT2D eigenvalue weighted by molar-refractivity contribution is 4.98. The lowest BCUT2D eigenvalue weighted by atomic mass is 9.60. The molecule has 0 aromatic rings. The molecule has 99 heavy (non-hydrogen) atoms. The largest absolute Gasteiger partial charge is 0.394 e. The highest BCUT2D eigenvalue weighted by Gasteiger charge is 2.62. The summed E-state index contributed by atoms with van der Waals surface area (Å²) in [5.41, 5.74) is -12.0. The summed E-state index contributed by atoms with van der Waals surface area (Å²) in [6.45, 7) is 56.7. The van der Waals surface area contributed by atoms with Gasteiger partial charge in [0.15, 0.2) is 0 Å². The van der Waals surface area contributed by atoms with Crippen LogP contribution in [-0.4, -0.2) is 43.2 Å². The van der Waals surface area contributed by atoms with Gasteiger partial charge >= 0.3 is 43.2 Å². The fourth-order valence-corrected chi connectivity index (χ4v) is 16.1. The van der Waals surface area contributed by atoms with Crippen LogP contribution in [0, 0.1) is 96.1 Å². The lowest BCUT2D eigenvalue weighted by Gasteiger charge is -2.47. The molecule has 0 amide bonds. The summed E-state index contributed by atoms with van der Waals surface area (Å²) in [5.74, 6) is -0.917. The average Bonchev–Trinajstić information content (AvgIpc) is 0.543. The van der Waals surface area contributed by atoms with Crippen molar-refractivity contribution in [2.75, 3.05) is 0 Å². The second kappa shape index (κ2) is 45.2. The van der Waals surface area contributed by atoms with Crippen molar-refractivity contribution in [1.29, 1.82) is 0 Å². The van der Waals surface area contributed by atoms with Crippen LogP contribution in [0.5, 0.6) is 0 Å². The number of rotatable bonds is 31. The summed E-state index contributed by atoms with van der Waals surface area (Å²) in [6, 6.07) is 0. The first-order valence-corrected chi connectivity index (χ1v) is 37.5. The maximum atomic E-state index is 13.3. The van der Waals surface area contributed by atoms with Gasteiger partial charge in [-0.05, 0) is 135 Å². The van der Waals surface area contributed by atoms with Gasteiger partial charge < -0.3 is 0 Å². The van der Waals surface area contributed by atoms with Crippen LogP contribution in [0.2, 0.25) is 0 Å². The van der Waals surface area contributed by atoms with Gasteiger partial charge in [0, 0.05) is 0 Å². The monoisotopic (exact) mass is 1490 g/mol. The second-order valence-electron chi connectivity index (χ2n) is 31.8. The Hall–Kier alpha value is -1.47. The molecule has 0 aliphatic heterocycles. The third kappa shape index (κ3) is 30.4. The molecule has 0 rings (SSSR count). The lowest BCUT2D eigenvalue weighted by molar-refractivity contribution is -0.261. The molecule has 0 bridgehead atoms. The molecule has 0 radical (unpaired) electrons. The van der Waals surface area contributed by atoms with E-state index in [4.69, 9.17) is 0 Å². The normalized spacial score (nSPS) is 17.0. The molecular weight excluding hydrogens is 1340 g/mol. The molecular formula is C78H149F21. The first-order chi connectivity index (χ1) is 44.0. The molecule has 0 heterocycles. The second-order valence-corrected chi connectivity index (χ2v) is 31.8. The predicted octanol–water partition coefficient (Wildman–Crippen LogP) is 33.5. The van der Waals surface area contributed by atoms with Crippen LogP contribution in [0.15, 0.2) is 0 Å². The minimum atomic E-state index is -4.11. The smallest absolute Gasteiger partial charge is 0.171 e. The molecule has 0 saturated carbocycles. The molecule has 0 saturated heterocycles. The summed E-state index contributed by atoms with van der Waals surface area (Å²) < 4.78 is 272. The van der Waals surface area contributed by atoms with Crippen molar-refractivity contribution in [2.45, 2.75) is 407 Å². The Kier molecular flexibility index (Phi) is 50.7. The van der Waals surface area contributed by atoms with E-state index in [0.717, 1.165) is 0 Å². The Morgan fingerprint density at radius 1 is 0.202 bits per heavy atom. The third-order valence-corrected chi connectivity index (χ3v) is 24.5. The molecule has 0 aliphatic carbocycles. The van der Waals surface area contributed by atoms with Crippen LogP contribution in [-0.2, 0) is 0 Å². The molecule has 0 N–H and O–H groups in total. The highest BCUT2D eigenvalue weighted by Crippen LogP contribution is 2.59. The Labute approximate surface area is 592 Å². The molecule has 6 atom stereocenters. The predicted molar refractivity (Wildman–Crippen MR) is 376 cm³/mol. The summed E-state index contributed by atoms with van der Waals surface area (Å²) in [7, 11) is 0. The van der Waals surface area contributed by atoms with Gasteiger partial charge in [-0.15, -0.1) is 0 Å². The van der Waals surface area contributed by atoms with E-state index in [2.05, 4.69) is 0 Å². The van der Waals surface area contributed by atoms with Gasteiger partial charge in [-0.25, -0.2) is 0 Å². The van der Waals surface area contributed by atoms with E-state index >= 15 is 0 Å². The van der Waals surface area contributed by atoms with Crippen LogP contribution < -0.4 is 0 Å². The summed E-state index contributed by atoms with van der Waals surface area (Å²) in [5, 5.41) is 0. The fourth-order valence-electron chi connectivity index (χ4n) is 16.1. The van der Waals surface area contributed by atoms with E-state index in [0.29, 0.717) is 83.5 Å². The van der Waals surface area contributed by atoms with E-state index in [1.54, 1.807) is 48.5 Å². The van der Waals surface area contributed by atoms with Crippen LogP contribution in [0.1, 0.15) is 363 Å². The number of alkyl halides is 21. The van der Waals surface area contributed by atoms with Crippen LogP contribution >= 0.6 is 0 Å². The highest BCUT2D eigenvalue weighted by atomic mass is 19.4. The van der Waals surface area contributed by atoms with Gasteiger partial charge in [-0.1, -0.05) is 286 Å². The van der Waals surface area contributed by atoms with Crippen molar-refractivity contribution in [3.8, 4) is 0 Å². The summed E-state index contributed by atoms with van der Waals surface area (Å²) in [4.78, 5) is 0. The van der Waals surface area contributed by atoms with E-state index < -0.39 is 92.0 Å². The topological polar surface area (TPSA) is 0 Å². The molecule has 0 aromatic carbocycles. The van der Waals surface area contributed by atoms with Gasteiger partial charge in [0.1, 0.15) is 0 Å². The van der Waals surface area contributed by atoms with Crippen LogP contribution in [0.3, 0.4) is 0 Å². The Morgan fingerprint density at radius 2 is 0.424 bits per heavy atom. The van der Waals surface area contributed by atoms with Crippen molar-refractivity contribution in [1.82, 2.24) is 0 Å². The molecule has 0 spiro atoms. The van der Waals surface area contributed by atoms with Gasteiger partial charge in [0.25, 0.3) is 0 Å². The quantitative estimate of drug-likeness (QED) is 0.0607. The SMILES string of the molecule is CCC(C)(CC)[C@](C)(CC)C(F)(F)F.CCC(CC)[C@](C)(CC)C(F)(F)F.CCCC(C)(C(C(C)C)C(C)C)C(F)(F)F.CCCC(C)(C(F)(F)F)C(C)(CC)CC.CCCC(C)(CCC)C(F)(F)F.CCC[C@@](C)(C(CC)CC)C(F)(F)F.CC[C@@](C)(C(C(C)C)C(C)C)C(F)(F)F. The van der Waals surface area contributed by atoms with Crippen LogP contribution in [0.4, 0.5) is 92.2 Å². The summed E-state index contributed by atoms with van der Waals surface area (Å²) in [6.07, 6.45) is -19.4. The van der Waals surface area contributed by atoms with Crippen LogP contribution in [0.25, 0.3) is 0 Å². The Balaban J connectivity index is -0.000000200. The van der Waals surface area contributed by atoms with Crippen molar-refractivity contribution >= 4 is 0 Å². The third-order valence-electron chi connectivity index (χ3n) is 24.5. The Morgan fingerprint density at radius 3 is 0.566 bits per heavy atom. The van der Waals surface area contributed by atoms with Crippen molar-refractivity contribution in [2.24, 2.45) is 96.1 Å². The standard InChI is InChI=1S/C13H25F3.2C12H23F3.2C11H21F3.C10H19F3.C9H17F3/c1-7-8-12(6,13(14,15)16)11(9(2)3)10(4)5;1-7-11(6,12(13,14)15)10(8(2)3)9(4)5;1-6-9-11(5,12(13,14)15)10(4,7-2)8-3;1-6-9(4,7-2)10(5,8-3)11(12,13)14;1-5-8-10(4,11(12,13)14)9(6-2)7-3;1-5-8(6-2)9(4,7-3)10(11,12)13;1-4-6-8(3,7-5-2)9(10,11)12/h9-11H,7-8H2,1-6H3;8-10H,7H2,1-6H3;6-9H2,1-5H3;6-8H2,1-5H3;9H,5-8H2,1-4H3;8H,5-7H2,1-4H3;4-7H2,1-3H3/t;11-;;2*10-;9-;/m.0.000./s1. The van der Waals surface area contributed by atoms with Crippen molar-refractivity contribution < 1.29 is 92.2 Å². The summed E-state index contributed by atoms with van der Waals surface area (Å²) >= 11 is 0. The number of halogens is 21. The van der Waals surface area contributed by atoms with Gasteiger partial charge in [0.2, 0.25) is 0 Å². The zero-order valence-electron chi connectivity index (χ0n) is 68.4. The van der Waals surface area contributed by atoms with Crippen molar-refractivity contribution in [3.05, 3.63) is 0 Å². The van der Waals surface area contributed by atoms with Crippen molar-refractivity contribution in [3.63, 3.8) is 0 Å². The lowest BCUT2D eigenvalue weighted by Crippen LogP contribution is -2.48. The number of hydrogen-bond acceptors (Lipinski definition) is 0. The molecule has 0 nitrogen and oxygen atoms in total. The zero-order valence-corrected chi connectivity index (χ0v) is 68.4. The first-order valence-electron chi connectivity index (χ1n) is 37.5. The maximum Gasteiger partial charge on any atom is 0.394 e. The Bertz CT molecular complexity index is 1970. The molecule has 21 heteroatoms. The molecule has 0 aliphatic rings. The van der Waals surface area contributed by atoms with Gasteiger partial charge in [-0.3, -0.25) is 0 Å². The molecule has 2 unspecified atom stereocenters. The van der Waals surface area contributed by atoms with E-state index in [-0.39, 0.29) is 98.7 Å².